The minimum absolute atomic E-state index is 0.863. The van der Waals surface area contributed by atoms with Crippen molar-refractivity contribution >= 4 is 17.7 Å². The summed E-state index contributed by atoms with van der Waals surface area (Å²) in [7, 11) is 0. The number of para-hydroxylation sites is 1. The van der Waals surface area contributed by atoms with E-state index in [9.17, 15) is 9.90 Å². The predicted molar refractivity (Wildman–Crippen MR) is 95.6 cm³/mol. The molecule has 2 aromatic carbocycles. The first kappa shape index (κ1) is 16.8. The number of anilines is 1. The van der Waals surface area contributed by atoms with Crippen LogP contribution in [-0.2, 0) is 4.79 Å². The van der Waals surface area contributed by atoms with Crippen LogP contribution in [0, 0.1) is 13.8 Å². The van der Waals surface area contributed by atoms with Gasteiger partial charge in [-0.2, -0.15) is 0 Å². The first-order valence-electron chi connectivity index (χ1n) is 7.66. The third-order valence-corrected chi connectivity index (χ3v) is 4.02. The number of benzene rings is 2. The fraction of sp³-hybridized carbons (Fsp3) is 0.250. The van der Waals surface area contributed by atoms with Gasteiger partial charge in [-0.3, -0.25) is 0 Å². The highest BCUT2D eigenvalue weighted by atomic mass is 16.4. The van der Waals surface area contributed by atoms with Gasteiger partial charge >= 0.3 is 5.97 Å². The van der Waals surface area contributed by atoms with Gasteiger partial charge in [-0.05, 0) is 50.5 Å². The maximum atomic E-state index is 11.8. The number of nitrogens with zero attached hydrogens (tertiary/aromatic N) is 1. The van der Waals surface area contributed by atoms with E-state index in [0.29, 0.717) is 0 Å². The van der Waals surface area contributed by atoms with Crippen molar-refractivity contribution in [3.05, 3.63) is 71.4 Å². The number of hydrogen-bond donors (Lipinski definition) is 1. The number of carboxylic acids is 1. The summed E-state index contributed by atoms with van der Waals surface area (Å²) in [5.74, 6) is -0.863. The molecule has 0 aliphatic carbocycles. The van der Waals surface area contributed by atoms with Gasteiger partial charge < -0.3 is 10.0 Å². The highest BCUT2D eigenvalue weighted by Gasteiger charge is 2.35. The Labute approximate surface area is 137 Å². The van der Waals surface area contributed by atoms with Crippen LogP contribution in [0.2, 0.25) is 0 Å². The quantitative estimate of drug-likeness (QED) is 0.874. The van der Waals surface area contributed by atoms with Crippen molar-refractivity contribution in [3.63, 3.8) is 0 Å². The van der Waals surface area contributed by atoms with E-state index in [1.165, 1.54) is 0 Å². The van der Waals surface area contributed by atoms with Crippen molar-refractivity contribution in [2.24, 2.45) is 0 Å². The number of rotatable bonds is 5. The van der Waals surface area contributed by atoms with E-state index in [4.69, 9.17) is 0 Å². The Morgan fingerprint density at radius 3 is 2.09 bits per heavy atom. The third kappa shape index (κ3) is 3.62. The lowest BCUT2D eigenvalue weighted by molar-refractivity contribution is -0.141. The molecule has 0 aliphatic heterocycles. The van der Waals surface area contributed by atoms with Crippen LogP contribution in [0.5, 0.6) is 0 Å². The van der Waals surface area contributed by atoms with Crippen LogP contribution in [0.4, 0.5) is 5.69 Å². The molecule has 0 bridgehead atoms. The van der Waals surface area contributed by atoms with E-state index in [-0.39, 0.29) is 0 Å². The van der Waals surface area contributed by atoms with Crippen LogP contribution < -0.4 is 4.90 Å². The first-order valence-corrected chi connectivity index (χ1v) is 7.66. The molecule has 120 valence electrons. The molecule has 3 nitrogen and oxygen atoms in total. The molecule has 3 heteroatoms. The summed E-state index contributed by atoms with van der Waals surface area (Å²) < 4.78 is 0. The average molecular weight is 309 g/mol. The Hall–Kier alpha value is -2.55. The van der Waals surface area contributed by atoms with Crippen LogP contribution in [-0.4, -0.2) is 16.6 Å². The molecule has 0 saturated carbocycles. The summed E-state index contributed by atoms with van der Waals surface area (Å²) in [5.41, 5.74) is 3.02. The van der Waals surface area contributed by atoms with Gasteiger partial charge in [0.15, 0.2) is 0 Å². The molecular weight excluding hydrogens is 286 g/mol. The molecule has 2 rings (SSSR count). The molecule has 0 saturated heterocycles. The largest absolute Gasteiger partial charge is 0.480 e. The Morgan fingerprint density at radius 1 is 1.00 bits per heavy atom. The number of carbonyl (C=O) groups is 1. The van der Waals surface area contributed by atoms with Gasteiger partial charge in [0.1, 0.15) is 5.54 Å². The van der Waals surface area contributed by atoms with Gasteiger partial charge in [0.05, 0.1) is 0 Å². The molecule has 2 aromatic rings. The summed E-state index contributed by atoms with van der Waals surface area (Å²) in [6.07, 6.45) is 3.80. The zero-order chi connectivity index (χ0) is 17.0. The number of hydrogen-bond acceptors (Lipinski definition) is 2. The second kappa shape index (κ2) is 6.69. The summed E-state index contributed by atoms with van der Waals surface area (Å²) in [6, 6.07) is 15.9. The van der Waals surface area contributed by atoms with Crippen LogP contribution in [0.1, 0.15) is 30.5 Å². The molecule has 23 heavy (non-hydrogen) atoms. The van der Waals surface area contributed by atoms with Crippen LogP contribution in [0.15, 0.2) is 54.7 Å². The number of carboxylic acid groups (broad SMARTS) is 1. The standard InChI is InChI=1S/C20H23NO2/c1-15-9-8-10-16(2)18(15)21(20(3,4)19(22)23)14-13-17-11-6-5-7-12-17/h5-14H,1-4H3,(H,22,23). The second-order valence-electron chi connectivity index (χ2n) is 6.20. The lowest BCUT2D eigenvalue weighted by atomic mass is 9.98. The Balaban J connectivity index is 2.53. The lowest BCUT2D eigenvalue weighted by Gasteiger charge is -2.36. The Morgan fingerprint density at radius 2 is 1.57 bits per heavy atom. The second-order valence-corrected chi connectivity index (χ2v) is 6.20. The minimum atomic E-state index is -1.05. The first-order chi connectivity index (χ1) is 10.8. The maximum absolute atomic E-state index is 11.8. The average Bonchev–Trinajstić information content (AvgIpc) is 2.50. The van der Waals surface area contributed by atoms with Crippen molar-refractivity contribution in [2.75, 3.05) is 4.90 Å². The molecule has 0 radical (unpaired) electrons. The highest BCUT2D eigenvalue weighted by Crippen LogP contribution is 2.31. The molecule has 0 aromatic heterocycles. The fourth-order valence-corrected chi connectivity index (χ4v) is 2.55. The van der Waals surface area contributed by atoms with Crippen molar-refractivity contribution in [1.29, 1.82) is 0 Å². The van der Waals surface area contributed by atoms with E-state index in [0.717, 1.165) is 22.4 Å². The zero-order valence-electron chi connectivity index (χ0n) is 14.1. The monoisotopic (exact) mass is 309 g/mol. The maximum Gasteiger partial charge on any atom is 0.329 e. The van der Waals surface area contributed by atoms with Crippen molar-refractivity contribution < 1.29 is 9.90 Å². The molecule has 1 N–H and O–H groups in total. The van der Waals surface area contributed by atoms with Crippen LogP contribution in [0.3, 0.4) is 0 Å². The normalized spacial score (nSPS) is 11.7. The SMILES string of the molecule is Cc1cccc(C)c1N(C=Cc1ccccc1)C(C)(C)C(=O)O. The molecule has 0 atom stereocenters. The van der Waals surface area contributed by atoms with Crippen molar-refractivity contribution in [2.45, 2.75) is 33.2 Å². The van der Waals surface area contributed by atoms with Gasteiger partial charge in [-0.15, -0.1) is 0 Å². The molecular formula is C20H23NO2. The molecule has 0 aliphatic rings. The summed E-state index contributed by atoms with van der Waals surface area (Å²) in [5, 5.41) is 9.68. The van der Waals surface area contributed by atoms with Crippen LogP contribution >= 0.6 is 0 Å². The van der Waals surface area contributed by atoms with Gasteiger partial charge in [0.25, 0.3) is 0 Å². The molecule has 0 amide bonds. The van der Waals surface area contributed by atoms with Gasteiger partial charge in [0, 0.05) is 11.9 Å². The molecule has 0 fully saturated rings. The summed E-state index contributed by atoms with van der Waals surface area (Å²) in [6.45, 7) is 7.44. The van der Waals surface area contributed by atoms with Crippen molar-refractivity contribution in [1.82, 2.24) is 0 Å². The fourth-order valence-electron chi connectivity index (χ4n) is 2.55. The summed E-state index contributed by atoms with van der Waals surface area (Å²) in [4.78, 5) is 13.6. The van der Waals surface area contributed by atoms with E-state index in [1.807, 2.05) is 79.6 Å². The Bertz CT molecular complexity index is 697. The molecule has 0 heterocycles. The van der Waals surface area contributed by atoms with E-state index < -0.39 is 11.5 Å². The van der Waals surface area contributed by atoms with E-state index in [2.05, 4.69) is 0 Å². The Kier molecular flexibility index (Phi) is 4.89. The van der Waals surface area contributed by atoms with Gasteiger partial charge in [-0.25, -0.2) is 4.79 Å². The predicted octanol–water partition coefficient (Wildman–Crippen LogP) is 4.64. The molecule has 0 unspecified atom stereocenters. The number of aryl methyl sites for hydroxylation is 2. The minimum Gasteiger partial charge on any atom is -0.480 e. The van der Waals surface area contributed by atoms with Crippen molar-refractivity contribution in [3.8, 4) is 0 Å². The lowest BCUT2D eigenvalue weighted by Crippen LogP contribution is -2.48. The smallest absolute Gasteiger partial charge is 0.329 e. The molecule has 0 spiro atoms. The highest BCUT2D eigenvalue weighted by molar-refractivity contribution is 5.85. The van der Waals surface area contributed by atoms with E-state index >= 15 is 0 Å². The van der Waals surface area contributed by atoms with Gasteiger partial charge in [0.2, 0.25) is 0 Å². The third-order valence-electron chi connectivity index (χ3n) is 4.02. The van der Waals surface area contributed by atoms with Gasteiger partial charge in [-0.1, -0.05) is 48.5 Å². The topological polar surface area (TPSA) is 40.5 Å². The number of aliphatic carboxylic acids is 1. The summed E-state index contributed by atoms with van der Waals surface area (Å²) >= 11 is 0. The zero-order valence-corrected chi connectivity index (χ0v) is 14.1. The van der Waals surface area contributed by atoms with Crippen LogP contribution in [0.25, 0.3) is 6.08 Å². The van der Waals surface area contributed by atoms with E-state index in [1.54, 1.807) is 13.8 Å².